The number of hydrogen-bond acceptors (Lipinski definition) is 3. The molecule has 0 heterocycles. The zero-order valence-corrected chi connectivity index (χ0v) is 12.2. The first-order valence-electron chi connectivity index (χ1n) is 6.89. The first-order chi connectivity index (χ1) is 9.54. The molecule has 2 N–H and O–H groups in total. The van der Waals surface area contributed by atoms with Gasteiger partial charge in [0.1, 0.15) is 5.75 Å². The van der Waals surface area contributed by atoms with Gasteiger partial charge in [-0.25, -0.2) is 0 Å². The minimum Gasteiger partial charge on any atom is -0.489 e. The van der Waals surface area contributed by atoms with E-state index in [1.54, 1.807) is 18.2 Å². The second-order valence-electron chi connectivity index (χ2n) is 4.73. The summed E-state index contributed by atoms with van der Waals surface area (Å²) in [5, 5.41) is 5.14. The number of unbranched alkanes of at least 4 members (excludes halogenated alkanes) is 1. The van der Waals surface area contributed by atoms with Crippen LogP contribution in [0.4, 0.5) is 5.69 Å². The maximum absolute atomic E-state index is 11.8. The molecular weight excluding hydrogens is 256 g/mol. The second-order valence-corrected chi connectivity index (χ2v) is 4.73. The van der Waals surface area contributed by atoms with Crippen LogP contribution in [0.15, 0.2) is 24.3 Å². The van der Waals surface area contributed by atoms with Gasteiger partial charge >= 0.3 is 11.8 Å². The highest BCUT2D eigenvalue weighted by molar-refractivity contribution is 6.39. The number of amides is 2. The fourth-order valence-corrected chi connectivity index (χ4v) is 1.56. The first-order valence-corrected chi connectivity index (χ1v) is 6.89. The maximum Gasteiger partial charge on any atom is 0.313 e. The molecular formula is C15H22N2O3. The predicted molar refractivity (Wildman–Crippen MR) is 78.8 cm³/mol. The topological polar surface area (TPSA) is 67.4 Å². The number of para-hydroxylation sites is 2. The van der Waals surface area contributed by atoms with E-state index >= 15 is 0 Å². The van der Waals surface area contributed by atoms with E-state index in [1.165, 1.54) is 0 Å². The van der Waals surface area contributed by atoms with Crippen molar-refractivity contribution in [2.45, 2.75) is 39.7 Å². The summed E-state index contributed by atoms with van der Waals surface area (Å²) in [7, 11) is 0. The van der Waals surface area contributed by atoms with E-state index < -0.39 is 11.8 Å². The van der Waals surface area contributed by atoms with Crippen molar-refractivity contribution in [1.29, 1.82) is 0 Å². The van der Waals surface area contributed by atoms with Gasteiger partial charge in [0.05, 0.1) is 11.8 Å². The van der Waals surface area contributed by atoms with Gasteiger partial charge in [-0.05, 0) is 32.4 Å². The molecule has 0 unspecified atom stereocenters. The normalized spacial score (nSPS) is 10.2. The Morgan fingerprint density at radius 2 is 1.90 bits per heavy atom. The minimum atomic E-state index is -0.680. The highest BCUT2D eigenvalue weighted by atomic mass is 16.5. The Hall–Kier alpha value is -2.04. The third-order valence-electron chi connectivity index (χ3n) is 2.52. The van der Waals surface area contributed by atoms with Gasteiger partial charge in [0.15, 0.2) is 0 Å². The smallest absolute Gasteiger partial charge is 0.313 e. The quantitative estimate of drug-likeness (QED) is 0.620. The Morgan fingerprint density at radius 1 is 1.20 bits per heavy atom. The molecule has 0 aliphatic heterocycles. The van der Waals surface area contributed by atoms with Crippen molar-refractivity contribution < 1.29 is 14.3 Å². The molecule has 1 aromatic rings. The van der Waals surface area contributed by atoms with Crippen LogP contribution in [0.5, 0.6) is 5.75 Å². The van der Waals surface area contributed by atoms with Crippen molar-refractivity contribution >= 4 is 17.5 Å². The molecule has 0 aromatic heterocycles. The number of anilines is 1. The molecule has 2 amide bonds. The SMILES string of the molecule is CCCCNC(=O)C(=O)Nc1ccccc1OC(C)C. The van der Waals surface area contributed by atoms with E-state index in [0.29, 0.717) is 18.0 Å². The predicted octanol–water partition coefficient (Wildman–Crippen LogP) is 2.33. The fraction of sp³-hybridized carbons (Fsp3) is 0.467. The van der Waals surface area contributed by atoms with Crippen molar-refractivity contribution in [3.63, 3.8) is 0 Å². The van der Waals surface area contributed by atoms with Crippen LogP contribution in [-0.4, -0.2) is 24.5 Å². The maximum atomic E-state index is 11.8. The molecule has 20 heavy (non-hydrogen) atoms. The van der Waals surface area contributed by atoms with Gasteiger partial charge in [-0.3, -0.25) is 9.59 Å². The summed E-state index contributed by atoms with van der Waals surface area (Å²) in [5.41, 5.74) is 0.497. The van der Waals surface area contributed by atoms with E-state index in [-0.39, 0.29) is 6.10 Å². The zero-order valence-electron chi connectivity index (χ0n) is 12.2. The van der Waals surface area contributed by atoms with Gasteiger partial charge in [-0.2, -0.15) is 0 Å². The van der Waals surface area contributed by atoms with E-state index in [4.69, 9.17) is 4.74 Å². The zero-order chi connectivity index (χ0) is 15.0. The van der Waals surface area contributed by atoms with Gasteiger partial charge in [0, 0.05) is 6.54 Å². The monoisotopic (exact) mass is 278 g/mol. The van der Waals surface area contributed by atoms with Crippen molar-refractivity contribution in [1.82, 2.24) is 5.32 Å². The molecule has 1 aromatic carbocycles. The van der Waals surface area contributed by atoms with Gasteiger partial charge in [0.2, 0.25) is 0 Å². The van der Waals surface area contributed by atoms with E-state index in [2.05, 4.69) is 10.6 Å². The standard InChI is InChI=1S/C15H22N2O3/c1-4-5-10-16-14(18)15(19)17-12-8-6-7-9-13(12)20-11(2)3/h6-9,11H,4-5,10H2,1-3H3,(H,16,18)(H,17,19). The van der Waals surface area contributed by atoms with Gasteiger partial charge < -0.3 is 15.4 Å². The number of ether oxygens (including phenoxy) is 1. The molecule has 0 saturated carbocycles. The summed E-state index contributed by atoms with van der Waals surface area (Å²) in [6, 6.07) is 7.05. The van der Waals surface area contributed by atoms with Crippen molar-refractivity contribution in [3.8, 4) is 5.75 Å². The highest BCUT2D eigenvalue weighted by Crippen LogP contribution is 2.24. The van der Waals surface area contributed by atoms with E-state index in [1.807, 2.05) is 26.8 Å². The van der Waals surface area contributed by atoms with Crippen LogP contribution < -0.4 is 15.4 Å². The molecule has 0 radical (unpaired) electrons. The number of nitrogens with one attached hydrogen (secondary N) is 2. The van der Waals surface area contributed by atoms with Crippen LogP contribution in [0.2, 0.25) is 0 Å². The lowest BCUT2D eigenvalue weighted by molar-refractivity contribution is -0.136. The Bertz CT molecular complexity index is 458. The van der Waals surface area contributed by atoms with Crippen LogP contribution in [0, 0.1) is 0 Å². The lowest BCUT2D eigenvalue weighted by Crippen LogP contribution is -2.36. The molecule has 0 aliphatic rings. The number of rotatable bonds is 6. The molecule has 1 rings (SSSR count). The molecule has 110 valence electrons. The molecule has 0 bridgehead atoms. The third kappa shape index (κ3) is 5.30. The number of carbonyl (C=O) groups excluding carboxylic acids is 2. The van der Waals surface area contributed by atoms with E-state index in [0.717, 1.165) is 12.8 Å². The second kappa shape index (κ2) is 8.19. The Kier molecular flexibility index (Phi) is 6.56. The van der Waals surface area contributed by atoms with Crippen molar-refractivity contribution in [2.24, 2.45) is 0 Å². The Morgan fingerprint density at radius 3 is 2.55 bits per heavy atom. The molecule has 0 aliphatic carbocycles. The first kappa shape index (κ1) is 16.0. The number of carbonyl (C=O) groups is 2. The largest absolute Gasteiger partial charge is 0.489 e. The van der Waals surface area contributed by atoms with Crippen LogP contribution in [0.25, 0.3) is 0 Å². The van der Waals surface area contributed by atoms with E-state index in [9.17, 15) is 9.59 Å². The Labute approximate surface area is 119 Å². The van der Waals surface area contributed by atoms with Crippen LogP contribution in [0.1, 0.15) is 33.6 Å². The summed E-state index contributed by atoms with van der Waals surface area (Å²) in [4.78, 5) is 23.4. The lowest BCUT2D eigenvalue weighted by atomic mass is 10.3. The molecule has 5 heteroatoms. The molecule has 0 fully saturated rings. The summed E-state index contributed by atoms with van der Waals surface area (Å²) >= 11 is 0. The Balaban J connectivity index is 2.63. The summed E-state index contributed by atoms with van der Waals surface area (Å²) < 4.78 is 5.58. The van der Waals surface area contributed by atoms with Crippen LogP contribution in [-0.2, 0) is 9.59 Å². The van der Waals surface area contributed by atoms with Gasteiger partial charge in [-0.1, -0.05) is 25.5 Å². The van der Waals surface area contributed by atoms with Gasteiger partial charge in [0.25, 0.3) is 0 Å². The molecule has 5 nitrogen and oxygen atoms in total. The molecule has 0 saturated heterocycles. The average Bonchev–Trinajstić information content (AvgIpc) is 2.40. The summed E-state index contributed by atoms with van der Waals surface area (Å²) in [6.07, 6.45) is 1.81. The fourth-order valence-electron chi connectivity index (χ4n) is 1.56. The summed E-state index contributed by atoms with van der Waals surface area (Å²) in [6.45, 7) is 6.32. The number of hydrogen-bond donors (Lipinski definition) is 2. The van der Waals surface area contributed by atoms with Crippen molar-refractivity contribution in [2.75, 3.05) is 11.9 Å². The molecule has 0 spiro atoms. The summed E-state index contributed by atoms with van der Waals surface area (Å²) in [5.74, 6) is -0.754. The van der Waals surface area contributed by atoms with Crippen LogP contribution in [0.3, 0.4) is 0 Å². The number of benzene rings is 1. The average molecular weight is 278 g/mol. The minimum absolute atomic E-state index is 0.00793. The van der Waals surface area contributed by atoms with Gasteiger partial charge in [-0.15, -0.1) is 0 Å². The van der Waals surface area contributed by atoms with Crippen molar-refractivity contribution in [3.05, 3.63) is 24.3 Å². The molecule has 0 atom stereocenters. The highest BCUT2D eigenvalue weighted by Gasteiger charge is 2.15. The van der Waals surface area contributed by atoms with Crippen LogP contribution >= 0.6 is 0 Å². The lowest BCUT2D eigenvalue weighted by Gasteiger charge is -2.14. The third-order valence-corrected chi connectivity index (χ3v) is 2.52.